The molecule has 2 aromatic rings. The summed E-state index contributed by atoms with van der Waals surface area (Å²) >= 11 is 7.31. The van der Waals surface area contributed by atoms with Crippen LogP contribution in [0.5, 0.6) is 0 Å². The normalized spacial score (nSPS) is 11.7. The van der Waals surface area contributed by atoms with Gasteiger partial charge in [0.25, 0.3) is 5.91 Å². The average Bonchev–Trinajstić information content (AvgIpc) is 3.13. The lowest BCUT2D eigenvalue weighted by molar-refractivity contribution is 0.0934. The number of methoxy groups -OCH3 is 1. The monoisotopic (exact) mass is 424 g/mol. The molecular formula is C19H25ClN4O3S. The van der Waals surface area contributed by atoms with Crippen LogP contribution in [-0.4, -0.2) is 48.1 Å². The molecule has 7 nitrogen and oxygen atoms in total. The average molecular weight is 425 g/mol. The number of nitrogens with zero attached hydrogens (tertiary/aromatic N) is 2. The third kappa shape index (κ3) is 6.78. The van der Waals surface area contributed by atoms with Crippen LogP contribution in [0.25, 0.3) is 0 Å². The van der Waals surface area contributed by atoms with Crippen LogP contribution in [0, 0.1) is 0 Å². The van der Waals surface area contributed by atoms with E-state index in [9.17, 15) is 9.59 Å². The Bertz CT molecular complexity index is 799. The first-order valence-electron chi connectivity index (χ1n) is 8.98. The van der Waals surface area contributed by atoms with Crippen molar-refractivity contribution in [1.29, 1.82) is 0 Å². The summed E-state index contributed by atoms with van der Waals surface area (Å²) in [5.74, 6) is -0.205. The number of nitrogens with one attached hydrogen (secondary N) is 2. The van der Waals surface area contributed by atoms with Crippen LogP contribution < -0.4 is 10.6 Å². The number of halogens is 1. The molecule has 152 valence electrons. The predicted molar refractivity (Wildman–Crippen MR) is 112 cm³/mol. The topological polar surface area (TPSA) is 83.6 Å². The molecule has 2 rings (SSSR count). The number of amides is 3. The zero-order chi connectivity index (χ0) is 20.5. The Kier molecular flexibility index (Phi) is 8.69. The van der Waals surface area contributed by atoms with Crippen molar-refractivity contribution in [3.63, 3.8) is 0 Å². The lowest BCUT2D eigenvalue weighted by atomic mass is 10.2. The van der Waals surface area contributed by atoms with E-state index in [2.05, 4.69) is 15.6 Å². The standard InChI is InChI=1S/C19H25ClN4O3S/c1-4-13(2)21-18(25)16-12-28-17(23-16)11-24(8-9-27-3)19(26)22-15-7-5-6-14(20)10-15/h5-7,10,12-13H,4,8-9,11H2,1-3H3,(H,21,25)(H,22,26)/t13-/m0/s1. The summed E-state index contributed by atoms with van der Waals surface area (Å²) in [6.45, 7) is 4.99. The van der Waals surface area contributed by atoms with Crippen molar-refractivity contribution in [2.75, 3.05) is 25.6 Å². The molecule has 0 radical (unpaired) electrons. The van der Waals surface area contributed by atoms with E-state index in [1.54, 1.807) is 41.7 Å². The van der Waals surface area contributed by atoms with Gasteiger partial charge in [0.2, 0.25) is 0 Å². The van der Waals surface area contributed by atoms with E-state index in [4.69, 9.17) is 16.3 Å². The van der Waals surface area contributed by atoms with Crippen LogP contribution in [0.15, 0.2) is 29.6 Å². The zero-order valence-corrected chi connectivity index (χ0v) is 17.8. The minimum atomic E-state index is -0.292. The molecule has 0 saturated carbocycles. The molecule has 1 heterocycles. The Hall–Kier alpha value is -2.16. The highest BCUT2D eigenvalue weighted by atomic mass is 35.5. The molecule has 0 bridgehead atoms. The van der Waals surface area contributed by atoms with Gasteiger partial charge in [-0.1, -0.05) is 24.6 Å². The largest absolute Gasteiger partial charge is 0.383 e. The number of benzene rings is 1. The third-order valence-electron chi connectivity index (χ3n) is 4.03. The van der Waals surface area contributed by atoms with E-state index in [0.717, 1.165) is 6.42 Å². The summed E-state index contributed by atoms with van der Waals surface area (Å²) in [7, 11) is 1.58. The van der Waals surface area contributed by atoms with E-state index < -0.39 is 0 Å². The van der Waals surface area contributed by atoms with Gasteiger partial charge in [0.1, 0.15) is 10.7 Å². The maximum Gasteiger partial charge on any atom is 0.322 e. The minimum absolute atomic E-state index is 0.0827. The van der Waals surface area contributed by atoms with Crippen LogP contribution in [0.4, 0.5) is 10.5 Å². The molecule has 1 aromatic heterocycles. The van der Waals surface area contributed by atoms with E-state index in [1.807, 2.05) is 13.8 Å². The van der Waals surface area contributed by atoms with Crippen LogP contribution in [0.3, 0.4) is 0 Å². The van der Waals surface area contributed by atoms with Crippen LogP contribution in [-0.2, 0) is 11.3 Å². The Balaban J connectivity index is 2.05. The quantitative estimate of drug-likeness (QED) is 0.637. The van der Waals surface area contributed by atoms with Crippen molar-refractivity contribution in [2.45, 2.75) is 32.9 Å². The molecule has 2 N–H and O–H groups in total. The highest BCUT2D eigenvalue weighted by Crippen LogP contribution is 2.17. The number of hydrogen-bond acceptors (Lipinski definition) is 5. The molecule has 0 unspecified atom stereocenters. The van der Waals surface area contributed by atoms with Gasteiger partial charge in [-0.3, -0.25) is 4.79 Å². The number of carbonyl (C=O) groups excluding carboxylic acids is 2. The molecule has 0 aliphatic heterocycles. The van der Waals surface area contributed by atoms with Gasteiger partial charge in [0.05, 0.1) is 13.2 Å². The molecule has 9 heteroatoms. The number of thiazole rings is 1. The van der Waals surface area contributed by atoms with E-state index in [1.165, 1.54) is 11.3 Å². The van der Waals surface area contributed by atoms with Crippen molar-refractivity contribution in [2.24, 2.45) is 0 Å². The third-order valence-corrected chi connectivity index (χ3v) is 5.10. The number of anilines is 1. The first-order chi connectivity index (χ1) is 13.4. The molecule has 28 heavy (non-hydrogen) atoms. The number of hydrogen-bond donors (Lipinski definition) is 2. The first kappa shape index (κ1) is 22.1. The van der Waals surface area contributed by atoms with Gasteiger partial charge in [-0.25, -0.2) is 9.78 Å². The van der Waals surface area contributed by atoms with E-state index in [0.29, 0.717) is 34.6 Å². The van der Waals surface area contributed by atoms with Crippen molar-refractivity contribution >= 4 is 40.6 Å². The number of aromatic nitrogens is 1. The first-order valence-corrected chi connectivity index (χ1v) is 10.2. The minimum Gasteiger partial charge on any atom is -0.383 e. The summed E-state index contributed by atoms with van der Waals surface area (Å²) in [6.07, 6.45) is 0.844. The van der Waals surface area contributed by atoms with Crippen LogP contribution in [0.2, 0.25) is 5.02 Å². The lowest BCUT2D eigenvalue weighted by Gasteiger charge is -2.22. The SMILES string of the molecule is CC[C@H](C)NC(=O)c1csc(CN(CCOC)C(=O)Nc2cccc(Cl)c2)n1. The molecule has 0 fully saturated rings. The predicted octanol–water partition coefficient (Wildman–Crippen LogP) is 4.01. The lowest BCUT2D eigenvalue weighted by Crippen LogP contribution is -2.37. The smallest absolute Gasteiger partial charge is 0.322 e. The van der Waals surface area contributed by atoms with Gasteiger partial charge in [0, 0.05) is 35.8 Å². The number of carbonyl (C=O) groups is 2. The fourth-order valence-electron chi connectivity index (χ4n) is 2.27. The Labute approximate surface area is 174 Å². The Morgan fingerprint density at radius 2 is 2.18 bits per heavy atom. The van der Waals surface area contributed by atoms with Crippen molar-refractivity contribution < 1.29 is 14.3 Å². The summed E-state index contributed by atoms with van der Waals surface area (Å²) in [6, 6.07) is 6.73. The fraction of sp³-hybridized carbons (Fsp3) is 0.421. The maximum atomic E-state index is 12.7. The van der Waals surface area contributed by atoms with Crippen molar-refractivity contribution in [3.8, 4) is 0 Å². The van der Waals surface area contributed by atoms with E-state index >= 15 is 0 Å². The van der Waals surface area contributed by atoms with Crippen LogP contribution in [0.1, 0.15) is 35.8 Å². The highest BCUT2D eigenvalue weighted by Gasteiger charge is 2.18. The number of ether oxygens (including phenoxy) is 1. The second-order valence-corrected chi connectivity index (χ2v) is 7.64. The number of urea groups is 1. The van der Waals surface area contributed by atoms with Gasteiger partial charge in [-0.15, -0.1) is 11.3 Å². The van der Waals surface area contributed by atoms with E-state index in [-0.39, 0.29) is 24.5 Å². The molecule has 0 saturated heterocycles. The van der Waals surface area contributed by atoms with Gasteiger partial charge >= 0.3 is 6.03 Å². The van der Waals surface area contributed by atoms with Crippen LogP contribution >= 0.6 is 22.9 Å². The molecule has 3 amide bonds. The van der Waals surface area contributed by atoms with Gasteiger partial charge in [-0.2, -0.15) is 0 Å². The summed E-state index contributed by atoms with van der Waals surface area (Å²) in [5.41, 5.74) is 0.968. The Morgan fingerprint density at radius 3 is 2.86 bits per heavy atom. The van der Waals surface area contributed by atoms with Gasteiger partial charge in [-0.05, 0) is 31.5 Å². The summed E-state index contributed by atoms with van der Waals surface area (Å²) in [4.78, 5) is 30.8. The molecule has 0 aliphatic rings. The second kappa shape index (κ2) is 11.0. The molecule has 1 aromatic carbocycles. The molecule has 0 aliphatic carbocycles. The second-order valence-electron chi connectivity index (χ2n) is 6.26. The number of rotatable bonds is 9. The maximum absolute atomic E-state index is 12.7. The summed E-state index contributed by atoms with van der Waals surface area (Å²) < 4.78 is 5.11. The van der Waals surface area contributed by atoms with Gasteiger partial charge < -0.3 is 20.3 Å². The summed E-state index contributed by atoms with van der Waals surface area (Å²) in [5, 5.41) is 8.62. The van der Waals surface area contributed by atoms with Crippen molar-refractivity contribution in [3.05, 3.63) is 45.4 Å². The Morgan fingerprint density at radius 1 is 1.39 bits per heavy atom. The van der Waals surface area contributed by atoms with Crippen molar-refractivity contribution in [1.82, 2.24) is 15.2 Å². The molecular weight excluding hydrogens is 400 g/mol. The highest BCUT2D eigenvalue weighted by molar-refractivity contribution is 7.09. The zero-order valence-electron chi connectivity index (χ0n) is 16.2. The molecule has 0 spiro atoms. The molecule has 1 atom stereocenters. The fourth-order valence-corrected chi connectivity index (χ4v) is 3.25. The van der Waals surface area contributed by atoms with Gasteiger partial charge in [0.15, 0.2) is 0 Å².